The largest absolute Gasteiger partial charge is 0.497 e. The van der Waals surface area contributed by atoms with Gasteiger partial charge in [0.05, 0.1) is 26.8 Å². The monoisotopic (exact) mass is 421 g/mol. The van der Waals surface area contributed by atoms with E-state index in [-0.39, 0.29) is 43.8 Å². The van der Waals surface area contributed by atoms with E-state index in [2.05, 4.69) is 9.97 Å². The van der Waals surface area contributed by atoms with Gasteiger partial charge >= 0.3 is 5.69 Å². The smallest absolute Gasteiger partial charge is 0.330 e. The molecule has 0 aliphatic carbocycles. The summed E-state index contributed by atoms with van der Waals surface area (Å²) < 4.78 is 14.0. The van der Waals surface area contributed by atoms with Gasteiger partial charge in [-0.2, -0.15) is 9.97 Å². The van der Waals surface area contributed by atoms with Gasteiger partial charge in [-0.3, -0.25) is 9.13 Å². The molecule has 2 aromatic heterocycles. The van der Waals surface area contributed by atoms with E-state index < -0.39 is 0 Å². The first-order valence-electron chi connectivity index (χ1n) is 9.77. The standard InChI is InChI=1S/C22H23N5O4/c1-30-17-9-7-15(8-10-17)13-27-19-18(26(11-12-28)22(27)29)20(25-21(23)24-19)31-14-16-5-3-2-4-6-16/h2-10,28H,11-14H2,1H3,(H2,23,24,25). The number of fused-ring (bicyclic) bond motifs is 1. The quantitative estimate of drug-likeness (QED) is 0.445. The summed E-state index contributed by atoms with van der Waals surface area (Å²) in [6, 6.07) is 17.0. The molecule has 9 nitrogen and oxygen atoms in total. The van der Waals surface area contributed by atoms with Crippen LogP contribution >= 0.6 is 0 Å². The van der Waals surface area contributed by atoms with Gasteiger partial charge in [-0.05, 0) is 23.3 Å². The molecule has 3 N–H and O–H groups in total. The van der Waals surface area contributed by atoms with Crippen LogP contribution in [0.4, 0.5) is 5.95 Å². The molecule has 0 unspecified atom stereocenters. The fourth-order valence-electron chi connectivity index (χ4n) is 3.39. The number of anilines is 1. The summed E-state index contributed by atoms with van der Waals surface area (Å²) in [5.74, 6) is 0.924. The number of methoxy groups -OCH3 is 1. The van der Waals surface area contributed by atoms with Gasteiger partial charge in [0.2, 0.25) is 11.8 Å². The summed E-state index contributed by atoms with van der Waals surface area (Å²) in [5, 5.41) is 9.52. The number of nitrogens with two attached hydrogens (primary N) is 1. The molecule has 0 saturated heterocycles. The molecule has 0 aliphatic rings. The van der Waals surface area contributed by atoms with Crippen LogP contribution in [-0.4, -0.2) is 37.9 Å². The van der Waals surface area contributed by atoms with E-state index in [1.165, 1.54) is 9.13 Å². The summed E-state index contributed by atoms with van der Waals surface area (Å²) >= 11 is 0. The molecule has 0 fully saturated rings. The molecular formula is C22H23N5O4. The predicted octanol–water partition coefficient (Wildman–Crippen LogP) is 1.80. The van der Waals surface area contributed by atoms with Crippen molar-refractivity contribution in [3.63, 3.8) is 0 Å². The van der Waals surface area contributed by atoms with Gasteiger partial charge in [-0.1, -0.05) is 42.5 Å². The third-order valence-electron chi connectivity index (χ3n) is 4.88. The molecule has 0 radical (unpaired) electrons. The average Bonchev–Trinajstić information content (AvgIpc) is 3.04. The highest BCUT2D eigenvalue weighted by atomic mass is 16.5. The molecule has 2 aromatic carbocycles. The highest BCUT2D eigenvalue weighted by Crippen LogP contribution is 2.25. The van der Waals surface area contributed by atoms with Gasteiger partial charge in [0.1, 0.15) is 12.4 Å². The average molecular weight is 421 g/mol. The van der Waals surface area contributed by atoms with Crippen molar-refractivity contribution in [2.45, 2.75) is 19.7 Å². The van der Waals surface area contributed by atoms with Crippen LogP contribution in [0.2, 0.25) is 0 Å². The van der Waals surface area contributed by atoms with Crippen molar-refractivity contribution in [1.82, 2.24) is 19.1 Å². The van der Waals surface area contributed by atoms with Crippen LogP contribution in [0.1, 0.15) is 11.1 Å². The van der Waals surface area contributed by atoms with Crippen molar-refractivity contribution >= 4 is 17.1 Å². The molecule has 160 valence electrons. The van der Waals surface area contributed by atoms with Crippen LogP contribution in [0.3, 0.4) is 0 Å². The number of nitrogens with zero attached hydrogens (tertiary/aromatic N) is 4. The van der Waals surface area contributed by atoms with E-state index in [0.29, 0.717) is 11.2 Å². The Kier molecular flexibility index (Phi) is 5.85. The van der Waals surface area contributed by atoms with Gasteiger partial charge in [-0.25, -0.2) is 4.79 Å². The summed E-state index contributed by atoms with van der Waals surface area (Å²) in [7, 11) is 1.60. The fraction of sp³-hybridized carbons (Fsp3) is 0.227. The number of hydrogen-bond donors (Lipinski definition) is 2. The Hall–Kier alpha value is -3.85. The van der Waals surface area contributed by atoms with Crippen molar-refractivity contribution in [2.75, 3.05) is 19.5 Å². The second kappa shape index (κ2) is 8.88. The van der Waals surface area contributed by atoms with Gasteiger partial charge in [-0.15, -0.1) is 0 Å². The van der Waals surface area contributed by atoms with Crippen LogP contribution in [-0.2, 0) is 19.7 Å². The molecule has 0 amide bonds. The maximum atomic E-state index is 13.2. The Bertz CT molecular complexity index is 1230. The van der Waals surface area contributed by atoms with Gasteiger partial charge in [0.15, 0.2) is 11.2 Å². The van der Waals surface area contributed by atoms with E-state index >= 15 is 0 Å². The number of nitrogen functional groups attached to an aromatic ring is 1. The molecule has 0 aliphatic heterocycles. The van der Waals surface area contributed by atoms with Crippen LogP contribution < -0.4 is 20.9 Å². The Balaban J connectivity index is 1.78. The molecule has 2 heterocycles. The van der Waals surface area contributed by atoms with Crippen LogP contribution in [0.5, 0.6) is 11.6 Å². The lowest BCUT2D eigenvalue weighted by Gasteiger charge is -2.09. The van der Waals surface area contributed by atoms with E-state index in [9.17, 15) is 9.90 Å². The minimum Gasteiger partial charge on any atom is -0.497 e. The molecule has 0 bridgehead atoms. The van der Waals surface area contributed by atoms with Crippen molar-refractivity contribution in [3.8, 4) is 11.6 Å². The number of ether oxygens (including phenoxy) is 2. The minimum atomic E-state index is -0.329. The van der Waals surface area contributed by atoms with Crippen LogP contribution in [0.25, 0.3) is 11.2 Å². The number of benzene rings is 2. The molecule has 0 saturated carbocycles. The Morgan fingerprint density at radius 2 is 1.74 bits per heavy atom. The van der Waals surface area contributed by atoms with E-state index in [4.69, 9.17) is 15.2 Å². The maximum Gasteiger partial charge on any atom is 0.330 e. The second-order valence-corrected chi connectivity index (χ2v) is 6.93. The lowest BCUT2D eigenvalue weighted by Crippen LogP contribution is -2.26. The molecule has 0 atom stereocenters. The third-order valence-corrected chi connectivity index (χ3v) is 4.88. The number of aliphatic hydroxyl groups is 1. The lowest BCUT2D eigenvalue weighted by molar-refractivity contribution is 0.272. The van der Waals surface area contributed by atoms with Crippen LogP contribution in [0, 0.1) is 0 Å². The number of aliphatic hydroxyl groups excluding tert-OH is 1. The lowest BCUT2D eigenvalue weighted by atomic mass is 10.2. The Morgan fingerprint density at radius 1 is 1.00 bits per heavy atom. The maximum absolute atomic E-state index is 13.2. The zero-order valence-electron chi connectivity index (χ0n) is 17.1. The Morgan fingerprint density at radius 3 is 2.42 bits per heavy atom. The zero-order chi connectivity index (χ0) is 21.8. The summed E-state index contributed by atoms with van der Waals surface area (Å²) in [5.41, 5.74) is 8.19. The van der Waals surface area contributed by atoms with E-state index in [1.54, 1.807) is 7.11 Å². The van der Waals surface area contributed by atoms with Gasteiger partial charge < -0.3 is 20.3 Å². The van der Waals surface area contributed by atoms with Gasteiger partial charge in [0, 0.05) is 0 Å². The van der Waals surface area contributed by atoms with Crippen molar-refractivity contribution < 1.29 is 14.6 Å². The molecule has 0 spiro atoms. The Labute approximate surface area is 178 Å². The van der Waals surface area contributed by atoms with Crippen molar-refractivity contribution in [1.29, 1.82) is 0 Å². The number of aromatic nitrogens is 4. The van der Waals surface area contributed by atoms with E-state index in [0.717, 1.165) is 16.9 Å². The minimum absolute atomic E-state index is 0.000177. The third kappa shape index (κ3) is 4.22. The summed E-state index contributed by atoms with van der Waals surface area (Å²) in [6.07, 6.45) is 0. The van der Waals surface area contributed by atoms with Crippen LogP contribution in [0.15, 0.2) is 59.4 Å². The highest BCUT2D eigenvalue weighted by molar-refractivity contribution is 5.78. The highest BCUT2D eigenvalue weighted by Gasteiger charge is 2.21. The zero-order valence-corrected chi connectivity index (χ0v) is 17.1. The van der Waals surface area contributed by atoms with Crippen molar-refractivity contribution in [3.05, 3.63) is 76.2 Å². The molecule has 9 heteroatoms. The topological polar surface area (TPSA) is 117 Å². The first-order valence-corrected chi connectivity index (χ1v) is 9.77. The fourth-order valence-corrected chi connectivity index (χ4v) is 3.39. The second-order valence-electron chi connectivity index (χ2n) is 6.93. The predicted molar refractivity (Wildman–Crippen MR) is 116 cm³/mol. The normalized spacial score (nSPS) is 11.0. The van der Waals surface area contributed by atoms with Crippen molar-refractivity contribution in [2.24, 2.45) is 0 Å². The summed E-state index contributed by atoms with van der Waals surface area (Å²) in [4.78, 5) is 21.7. The molecule has 31 heavy (non-hydrogen) atoms. The van der Waals surface area contributed by atoms with E-state index in [1.807, 2.05) is 54.6 Å². The first kappa shape index (κ1) is 20.4. The molecule has 4 rings (SSSR count). The first-order chi connectivity index (χ1) is 15.1. The number of rotatable bonds is 8. The summed E-state index contributed by atoms with van der Waals surface area (Å²) in [6.45, 7) is 0.389. The van der Waals surface area contributed by atoms with Gasteiger partial charge in [0.25, 0.3) is 0 Å². The number of hydrogen-bond acceptors (Lipinski definition) is 7. The number of imidazole rings is 1. The molecule has 4 aromatic rings. The SMILES string of the molecule is COc1ccc(Cn2c(=O)n(CCO)c3c(OCc4ccccc4)nc(N)nc32)cc1. The molecular weight excluding hydrogens is 398 g/mol.